The average Bonchev–Trinajstić information content (AvgIpc) is 2.80. The number of carbonyl (C=O) groups excluding carboxylic acids is 1. The largest absolute Gasteiger partial charge is 0.489 e. The number of benzene rings is 2. The number of pyridine rings is 1. The van der Waals surface area contributed by atoms with E-state index in [1.54, 1.807) is 17.0 Å². The molecule has 0 spiro atoms. The van der Waals surface area contributed by atoms with Gasteiger partial charge in [0.15, 0.2) is 0 Å². The monoisotopic (exact) mass is 453 g/mol. The molecular formula is C23H23N3O5S. The Morgan fingerprint density at radius 1 is 1.03 bits per heavy atom. The molecule has 0 saturated heterocycles. The van der Waals surface area contributed by atoms with Crippen LogP contribution in [0.25, 0.3) is 0 Å². The zero-order chi connectivity index (χ0) is 22.9. The molecule has 0 N–H and O–H groups in total. The fourth-order valence-corrected chi connectivity index (χ4v) is 4.56. The number of aromatic nitrogens is 1. The van der Waals surface area contributed by atoms with Crippen LogP contribution in [0.2, 0.25) is 0 Å². The molecule has 0 unspecified atom stereocenters. The highest BCUT2D eigenvalue weighted by Crippen LogP contribution is 2.39. The summed E-state index contributed by atoms with van der Waals surface area (Å²) in [5.74, 6) is 0.223. The van der Waals surface area contributed by atoms with E-state index >= 15 is 0 Å². The van der Waals surface area contributed by atoms with Crippen LogP contribution in [0.4, 0.5) is 5.69 Å². The Morgan fingerprint density at radius 3 is 2.44 bits per heavy atom. The number of para-hydroxylation sites is 2. The number of sulfonamides is 1. The third kappa shape index (κ3) is 4.04. The molecule has 0 bridgehead atoms. The number of nitrogens with zero attached hydrogens (tertiary/aromatic N) is 3. The maximum Gasteiger partial charge on any atom is 0.251 e. The molecule has 2 aromatic carbocycles. The van der Waals surface area contributed by atoms with E-state index in [1.807, 2.05) is 42.5 Å². The molecule has 166 valence electrons. The number of rotatable bonds is 5. The second-order valence-electron chi connectivity index (χ2n) is 7.59. The minimum atomic E-state index is -3.75. The molecule has 0 aliphatic carbocycles. The van der Waals surface area contributed by atoms with Crippen molar-refractivity contribution in [1.29, 1.82) is 0 Å². The number of amides is 1. The van der Waals surface area contributed by atoms with Crippen molar-refractivity contribution >= 4 is 21.6 Å². The molecule has 1 aromatic heterocycles. The summed E-state index contributed by atoms with van der Waals surface area (Å²) < 4.78 is 33.0. The fourth-order valence-electron chi connectivity index (χ4n) is 3.64. The zero-order valence-electron chi connectivity index (χ0n) is 17.7. The lowest BCUT2D eigenvalue weighted by atomic mass is 10.0. The van der Waals surface area contributed by atoms with Gasteiger partial charge in [0, 0.05) is 26.4 Å². The van der Waals surface area contributed by atoms with Crippen molar-refractivity contribution < 1.29 is 17.9 Å². The van der Waals surface area contributed by atoms with Gasteiger partial charge in [-0.15, -0.1) is 0 Å². The molecule has 4 rings (SSSR count). The van der Waals surface area contributed by atoms with Crippen molar-refractivity contribution in [1.82, 2.24) is 8.87 Å². The molecule has 3 aromatic rings. The van der Waals surface area contributed by atoms with Gasteiger partial charge in [0.25, 0.3) is 5.56 Å². The second kappa shape index (κ2) is 8.60. The summed E-state index contributed by atoms with van der Waals surface area (Å²) in [5.41, 5.74) is 1.03. The first-order valence-electron chi connectivity index (χ1n) is 10.0. The summed E-state index contributed by atoms with van der Waals surface area (Å²) in [6.07, 6.45) is 1.21. The molecule has 32 heavy (non-hydrogen) atoms. The zero-order valence-corrected chi connectivity index (χ0v) is 18.5. The first kappa shape index (κ1) is 21.8. The number of hydrogen-bond donors (Lipinski definition) is 0. The summed E-state index contributed by atoms with van der Waals surface area (Å²) in [6.45, 7) is -0.0516. The van der Waals surface area contributed by atoms with Gasteiger partial charge >= 0.3 is 0 Å². The Labute approximate surface area is 186 Å². The van der Waals surface area contributed by atoms with Gasteiger partial charge < -0.3 is 9.30 Å². The van der Waals surface area contributed by atoms with E-state index in [4.69, 9.17) is 4.74 Å². The highest BCUT2D eigenvalue weighted by Gasteiger charge is 2.33. The lowest BCUT2D eigenvalue weighted by molar-refractivity contribution is -0.120. The minimum absolute atomic E-state index is 0.0584. The molecule has 9 heteroatoms. The van der Waals surface area contributed by atoms with Crippen LogP contribution >= 0.6 is 0 Å². The van der Waals surface area contributed by atoms with E-state index in [1.165, 1.54) is 26.4 Å². The Bertz CT molecular complexity index is 1300. The summed E-state index contributed by atoms with van der Waals surface area (Å²) in [6, 6.07) is 18.7. The van der Waals surface area contributed by atoms with Crippen LogP contribution in [-0.4, -0.2) is 43.9 Å². The van der Waals surface area contributed by atoms with Crippen molar-refractivity contribution in [2.45, 2.75) is 17.5 Å². The van der Waals surface area contributed by atoms with Crippen LogP contribution in [0.5, 0.6) is 5.75 Å². The molecule has 1 aliphatic rings. The molecule has 1 amide bonds. The minimum Gasteiger partial charge on any atom is -0.489 e. The maximum absolute atomic E-state index is 13.5. The predicted octanol–water partition coefficient (Wildman–Crippen LogP) is 2.27. The Balaban J connectivity index is 1.73. The van der Waals surface area contributed by atoms with E-state index < -0.39 is 15.6 Å². The van der Waals surface area contributed by atoms with Crippen molar-refractivity contribution in [3.05, 3.63) is 88.8 Å². The molecule has 1 atom stereocenters. The first-order chi connectivity index (χ1) is 15.3. The van der Waals surface area contributed by atoms with Crippen molar-refractivity contribution in [3.8, 4) is 5.75 Å². The quantitative estimate of drug-likeness (QED) is 0.591. The Kier molecular flexibility index (Phi) is 5.86. The van der Waals surface area contributed by atoms with E-state index in [0.29, 0.717) is 11.4 Å². The van der Waals surface area contributed by atoms with Gasteiger partial charge in [-0.2, -0.15) is 0 Å². The Morgan fingerprint density at radius 2 is 1.72 bits per heavy atom. The standard InChI is InChI=1S/C23H23N3O5S/c1-24(2)32(29,30)18-12-13-22(27)25(14-18)15-23(28)26-19-10-6-7-11-21(19)31-16-20(26)17-8-4-3-5-9-17/h3-14,20H,15-16H2,1-2H3/t20-/m1/s1. The number of ether oxygens (including phenoxy) is 1. The van der Waals surface area contributed by atoms with Crippen LogP contribution in [-0.2, 0) is 21.4 Å². The van der Waals surface area contributed by atoms with Crippen LogP contribution in [0, 0.1) is 0 Å². The number of fused-ring (bicyclic) bond motifs is 1. The van der Waals surface area contributed by atoms with Gasteiger partial charge in [0.05, 0.1) is 16.6 Å². The molecule has 0 radical (unpaired) electrons. The fraction of sp³-hybridized carbons (Fsp3) is 0.217. The molecule has 8 nitrogen and oxygen atoms in total. The molecule has 0 saturated carbocycles. The lowest BCUT2D eigenvalue weighted by Crippen LogP contribution is -2.43. The van der Waals surface area contributed by atoms with E-state index in [0.717, 1.165) is 20.5 Å². The average molecular weight is 454 g/mol. The summed E-state index contributed by atoms with van der Waals surface area (Å²) in [7, 11) is -0.935. The van der Waals surface area contributed by atoms with Crippen molar-refractivity contribution in [3.63, 3.8) is 0 Å². The van der Waals surface area contributed by atoms with Gasteiger partial charge in [0.2, 0.25) is 15.9 Å². The van der Waals surface area contributed by atoms with Crippen molar-refractivity contribution in [2.24, 2.45) is 0 Å². The van der Waals surface area contributed by atoms with Gasteiger partial charge in [-0.1, -0.05) is 42.5 Å². The SMILES string of the molecule is CN(C)S(=O)(=O)c1ccc(=O)n(CC(=O)N2c3ccccc3OC[C@@H]2c2ccccc2)c1. The topological polar surface area (TPSA) is 88.9 Å². The normalized spacial score (nSPS) is 15.8. The summed E-state index contributed by atoms with van der Waals surface area (Å²) in [4.78, 5) is 27.5. The van der Waals surface area contributed by atoms with Gasteiger partial charge in [-0.25, -0.2) is 12.7 Å². The van der Waals surface area contributed by atoms with E-state index in [9.17, 15) is 18.0 Å². The summed E-state index contributed by atoms with van der Waals surface area (Å²) >= 11 is 0. The predicted molar refractivity (Wildman–Crippen MR) is 120 cm³/mol. The maximum atomic E-state index is 13.5. The van der Waals surface area contributed by atoms with Gasteiger partial charge in [-0.05, 0) is 23.8 Å². The smallest absolute Gasteiger partial charge is 0.251 e. The molecule has 2 heterocycles. The molecule has 1 aliphatic heterocycles. The lowest BCUT2D eigenvalue weighted by Gasteiger charge is -2.37. The van der Waals surface area contributed by atoms with Crippen LogP contribution in [0.15, 0.2) is 82.6 Å². The third-order valence-electron chi connectivity index (χ3n) is 5.33. The second-order valence-corrected chi connectivity index (χ2v) is 9.74. The third-order valence-corrected chi connectivity index (χ3v) is 7.13. The van der Waals surface area contributed by atoms with Crippen LogP contribution < -0.4 is 15.2 Å². The van der Waals surface area contributed by atoms with E-state index in [-0.39, 0.29) is 30.0 Å². The number of anilines is 1. The van der Waals surface area contributed by atoms with Gasteiger partial charge in [0.1, 0.15) is 18.9 Å². The first-order valence-corrected chi connectivity index (χ1v) is 11.4. The number of hydrogen-bond acceptors (Lipinski definition) is 5. The van der Waals surface area contributed by atoms with Crippen LogP contribution in [0.1, 0.15) is 11.6 Å². The summed E-state index contributed by atoms with van der Waals surface area (Å²) in [5, 5.41) is 0. The number of carbonyl (C=O) groups is 1. The van der Waals surface area contributed by atoms with Gasteiger partial charge in [-0.3, -0.25) is 14.5 Å². The Hall–Kier alpha value is -3.43. The highest BCUT2D eigenvalue weighted by atomic mass is 32.2. The van der Waals surface area contributed by atoms with Crippen molar-refractivity contribution in [2.75, 3.05) is 25.6 Å². The highest BCUT2D eigenvalue weighted by molar-refractivity contribution is 7.89. The van der Waals surface area contributed by atoms with Crippen LogP contribution in [0.3, 0.4) is 0 Å². The molecule has 0 fully saturated rings. The molecular weight excluding hydrogens is 430 g/mol. The van der Waals surface area contributed by atoms with E-state index in [2.05, 4.69) is 0 Å².